The molecule has 0 unspecified atom stereocenters. The Hall–Kier alpha value is -2.15. The normalized spacial score (nSPS) is 10.0. The summed E-state index contributed by atoms with van der Waals surface area (Å²) < 4.78 is 0. The summed E-state index contributed by atoms with van der Waals surface area (Å²) in [5, 5.41) is 6.08. The molecule has 118 valence electrons. The summed E-state index contributed by atoms with van der Waals surface area (Å²) in [5.74, 6) is -0.943. The van der Waals surface area contributed by atoms with Gasteiger partial charge in [0.2, 0.25) is 5.91 Å². The number of nitrogens with one attached hydrogen (secondary N) is 2. The van der Waals surface area contributed by atoms with Crippen LogP contribution < -0.4 is 16.4 Å². The van der Waals surface area contributed by atoms with Crippen LogP contribution in [0, 0.1) is 0 Å². The van der Waals surface area contributed by atoms with E-state index in [9.17, 15) is 9.59 Å². The van der Waals surface area contributed by atoms with Crippen molar-refractivity contribution in [2.24, 2.45) is 5.73 Å². The van der Waals surface area contributed by atoms with E-state index in [1.165, 1.54) is 18.2 Å². The van der Waals surface area contributed by atoms with Gasteiger partial charge in [0.1, 0.15) is 0 Å². The summed E-state index contributed by atoms with van der Waals surface area (Å²) >= 11 is 16.7. The molecule has 0 aromatic heterocycles. The van der Waals surface area contributed by atoms with Crippen molar-refractivity contribution in [2.75, 3.05) is 5.32 Å². The number of halogens is 2. The molecule has 2 rings (SSSR count). The molecule has 0 aliphatic rings. The molecule has 2 aromatic rings. The molecule has 0 radical (unpaired) electrons. The number of benzene rings is 2. The Morgan fingerprint density at radius 3 is 2.13 bits per heavy atom. The van der Waals surface area contributed by atoms with Crippen LogP contribution in [0.5, 0.6) is 0 Å². The smallest absolute Gasteiger partial charge is 0.257 e. The number of hydrogen-bond acceptors (Lipinski definition) is 3. The maximum atomic E-state index is 12.1. The SMILES string of the molecule is NC(=O)c1ccc(NC(=S)NC(=O)c2ccc(Cl)c(Cl)c2)cc1. The number of carbonyl (C=O) groups is 2. The molecule has 4 N–H and O–H groups in total. The zero-order chi connectivity index (χ0) is 17.0. The van der Waals surface area contributed by atoms with Crippen LogP contribution in [0.25, 0.3) is 0 Å². The maximum absolute atomic E-state index is 12.1. The molecule has 23 heavy (non-hydrogen) atoms. The quantitative estimate of drug-likeness (QED) is 0.727. The first-order chi connectivity index (χ1) is 10.9. The Morgan fingerprint density at radius 1 is 0.957 bits per heavy atom. The third-order valence-corrected chi connectivity index (χ3v) is 3.78. The molecule has 0 fully saturated rings. The summed E-state index contributed by atoms with van der Waals surface area (Å²) in [5.41, 5.74) is 6.46. The Kier molecular flexibility index (Phi) is 5.54. The Labute approximate surface area is 147 Å². The van der Waals surface area contributed by atoms with Crippen molar-refractivity contribution in [1.82, 2.24) is 5.32 Å². The van der Waals surface area contributed by atoms with Gasteiger partial charge in [-0.05, 0) is 54.7 Å². The highest BCUT2D eigenvalue weighted by Crippen LogP contribution is 2.22. The lowest BCUT2D eigenvalue weighted by Gasteiger charge is -2.10. The van der Waals surface area contributed by atoms with Crippen LogP contribution in [-0.4, -0.2) is 16.9 Å². The molecule has 0 bridgehead atoms. The topological polar surface area (TPSA) is 84.2 Å². The molecule has 0 spiro atoms. The first kappa shape index (κ1) is 17.2. The predicted octanol–water partition coefficient (Wildman–Crippen LogP) is 3.22. The van der Waals surface area contributed by atoms with E-state index in [0.29, 0.717) is 21.8 Å². The number of carbonyl (C=O) groups excluding carboxylic acids is 2. The Balaban J connectivity index is 1.99. The van der Waals surface area contributed by atoms with Gasteiger partial charge in [-0.2, -0.15) is 0 Å². The standard InChI is InChI=1S/C15H11Cl2N3O2S/c16-11-6-3-9(7-12(11)17)14(22)20-15(23)19-10-4-1-8(2-5-10)13(18)21/h1-7H,(H2,18,21)(H2,19,20,22,23). The van der Waals surface area contributed by atoms with Crippen LogP contribution in [-0.2, 0) is 0 Å². The van der Waals surface area contributed by atoms with Crippen molar-refractivity contribution < 1.29 is 9.59 Å². The van der Waals surface area contributed by atoms with E-state index in [-0.39, 0.29) is 10.1 Å². The molecule has 0 atom stereocenters. The van der Waals surface area contributed by atoms with E-state index in [0.717, 1.165) is 0 Å². The molecule has 5 nitrogen and oxygen atoms in total. The third kappa shape index (κ3) is 4.66. The van der Waals surface area contributed by atoms with E-state index < -0.39 is 11.8 Å². The summed E-state index contributed by atoms with van der Waals surface area (Å²) in [4.78, 5) is 23.0. The first-order valence-electron chi connectivity index (χ1n) is 6.34. The number of hydrogen-bond donors (Lipinski definition) is 3. The number of primary amides is 1. The Morgan fingerprint density at radius 2 is 1.57 bits per heavy atom. The number of thiocarbonyl (C=S) groups is 1. The van der Waals surface area contributed by atoms with Crippen molar-refractivity contribution in [3.05, 3.63) is 63.6 Å². The summed E-state index contributed by atoms with van der Waals surface area (Å²) in [6, 6.07) is 10.9. The van der Waals surface area contributed by atoms with Gasteiger partial charge < -0.3 is 11.1 Å². The summed E-state index contributed by atoms with van der Waals surface area (Å²) in [7, 11) is 0. The number of anilines is 1. The minimum absolute atomic E-state index is 0.105. The van der Waals surface area contributed by atoms with Gasteiger partial charge in [0.25, 0.3) is 5.91 Å². The number of nitrogens with two attached hydrogens (primary N) is 1. The molecule has 2 aromatic carbocycles. The van der Waals surface area contributed by atoms with E-state index in [1.54, 1.807) is 24.3 Å². The molecule has 0 saturated carbocycles. The van der Waals surface area contributed by atoms with Crippen molar-refractivity contribution in [3.8, 4) is 0 Å². The van der Waals surface area contributed by atoms with Gasteiger partial charge in [-0.25, -0.2) is 0 Å². The van der Waals surface area contributed by atoms with Crippen molar-refractivity contribution in [3.63, 3.8) is 0 Å². The molecule has 0 aliphatic carbocycles. The molecule has 0 saturated heterocycles. The second kappa shape index (κ2) is 7.41. The maximum Gasteiger partial charge on any atom is 0.257 e. The Bertz CT molecular complexity index is 779. The van der Waals surface area contributed by atoms with E-state index >= 15 is 0 Å². The molecule has 8 heteroatoms. The zero-order valence-electron chi connectivity index (χ0n) is 11.6. The van der Waals surface area contributed by atoms with Crippen LogP contribution in [0.2, 0.25) is 10.0 Å². The van der Waals surface area contributed by atoms with Crippen molar-refractivity contribution in [2.45, 2.75) is 0 Å². The van der Waals surface area contributed by atoms with Gasteiger partial charge >= 0.3 is 0 Å². The first-order valence-corrected chi connectivity index (χ1v) is 7.50. The lowest BCUT2D eigenvalue weighted by Crippen LogP contribution is -2.34. The minimum Gasteiger partial charge on any atom is -0.366 e. The van der Waals surface area contributed by atoms with E-state index in [2.05, 4.69) is 10.6 Å². The molecule has 2 amide bonds. The second-order valence-corrected chi connectivity index (χ2v) is 5.70. The average molecular weight is 368 g/mol. The fourth-order valence-corrected chi connectivity index (χ4v) is 2.20. The highest BCUT2D eigenvalue weighted by Gasteiger charge is 2.10. The summed E-state index contributed by atoms with van der Waals surface area (Å²) in [6.07, 6.45) is 0. The van der Waals surface area contributed by atoms with Crippen molar-refractivity contribution >= 4 is 58.0 Å². The summed E-state index contributed by atoms with van der Waals surface area (Å²) in [6.45, 7) is 0. The second-order valence-electron chi connectivity index (χ2n) is 4.48. The van der Waals surface area contributed by atoms with Gasteiger partial charge in [-0.15, -0.1) is 0 Å². The average Bonchev–Trinajstić information content (AvgIpc) is 2.50. The lowest BCUT2D eigenvalue weighted by molar-refractivity contribution is 0.0975. The molecule has 0 heterocycles. The third-order valence-electron chi connectivity index (χ3n) is 2.84. The van der Waals surface area contributed by atoms with Gasteiger partial charge in [0.15, 0.2) is 5.11 Å². The van der Waals surface area contributed by atoms with Crippen LogP contribution in [0.1, 0.15) is 20.7 Å². The van der Waals surface area contributed by atoms with Crippen LogP contribution >= 0.6 is 35.4 Å². The zero-order valence-corrected chi connectivity index (χ0v) is 13.9. The largest absolute Gasteiger partial charge is 0.366 e. The highest BCUT2D eigenvalue weighted by atomic mass is 35.5. The van der Waals surface area contributed by atoms with Gasteiger partial charge in [-0.1, -0.05) is 23.2 Å². The number of rotatable bonds is 3. The van der Waals surface area contributed by atoms with Crippen LogP contribution in [0.15, 0.2) is 42.5 Å². The highest BCUT2D eigenvalue weighted by molar-refractivity contribution is 7.80. The van der Waals surface area contributed by atoms with Gasteiger partial charge in [0.05, 0.1) is 10.0 Å². The van der Waals surface area contributed by atoms with Crippen LogP contribution in [0.3, 0.4) is 0 Å². The molecular formula is C15H11Cl2N3O2S. The van der Waals surface area contributed by atoms with Gasteiger partial charge in [-0.3, -0.25) is 14.9 Å². The molecule has 0 aliphatic heterocycles. The van der Waals surface area contributed by atoms with E-state index in [4.69, 9.17) is 41.2 Å². The van der Waals surface area contributed by atoms with Gasteiger partial charge in [0, 0.05) is 16.8 Å². The fourth-order valence-electron chi connectivity index (χ4n) is 1.69. The fraction of sp³-hybridized carbons (Fsp3) is 0. The number of amides is 2. The predicted molar refractivity (Wildman–Crippen MR) is 95.1 cm³/mol. The monoisotopic (exact) mass is 367 g/mol. The van der Waals surface area contributed by atoms with Crippen molar-refractivity contribution in [1.29, 1.82) is 0 Å². The minimum atomic E-state index is -0.521. The van der Waals surface area contributed by atoms with E-state index in [1.807, 2.05) is 0 Å². The molecular weight excluding hydrogens is 357 g/mol. The lowest BCUT2D eigenvalue weighted by atomic mass is 10.2. The van der Waals surface area contributed by atoms with Crippen LogP contribution in [0.4, 0.5) is 5.69 Å².